The molecule has 0 aliphatic heterocycles. The lowest BCUT2D eigenvalue weighted by Crippen LogP contribution is -2.27. The van der Waals surface area contributed by atoms with Crippen molar-refractivity contribution in [1.29, 1.82) is 0 Å². The van der Waals surface area contributed by atoms with Gasteiger partial charge < -0.3 is 9.47 Å². The number of hydrogen-bond acceptors (Lipinski definition) is 5. The molecule has 0 bridgehead atoms. The minimum absolute atomic E-state index is 0.268. The first kappa shape index (κ1) is 17.3. The van der Waals surface area contributed by atoms with Crippen LogP contribution >= 0.6 is 15.9 Å². The van der Waals surface area contributed by atoms with Crippen molar-refractivity contribution in [3.8, 4) is 0 Å². The summed E-state index contributed by atoms with van der Waals surface area (Å²) in [6, 6.07) is 1.66. The van der Waals surface area contributed by atoms with E-state index in [9.17, 15) is 9.59 Å². The van der Waals surface area contributed by atoms with E-state index in [0.717, 1.165) is 0 Å². The van der Waals surface area contributed by atoms with Gasteiger partial charge in [-0.2, -0.15) is 5.10 Å². The quantitative estimate of drug-likeness (QED) is 0.818. The number of halogens is 1. The molecule has 0 aromatic carbocycles. The van der Waals surface area contributed by atoms with Crippen molar-refractivity contribution in [2.24, 2.45) is 0 Å². The molecule has 2 rings (SSSR count). The zero-order chi connectivity index (χ0) is 17.2. The smallest absolute Gasteiger partial charge is 0.412 e. The van der Waals surface area contributed by atoms with Gasteiger partial charge in [0.2, 0.25) is 0 Å². The summed E-state index contributed by atoms with van der Waals surface area (Å²) in [4.78, 5) is 23.9. The summed E-state index contributed by atoms with van der Waals surface area (Å²) >= 11 is 3.40. The highest BCUT2D eigenvalue weighted by molar-refractivity contribution is 9.10. The summed E-state index contributed by atoms with van der Waals surface area (Å²) in [5.74, 6) is -0.474. The predicted octanol–water partition coefficient (Wildman–Crippen LogP) is 3.62. The molecule has 124 valence electrons. The van der Waals surface area contributed by atoms with Crippen LogP contribution in [0.5, 0.6) is 0 Å². The van der Waals surface area contributed by atoms with Crippen molar-refractivity contribution in [2.45, 2.75) is 33.3 Å². The molecule has 2 aromatic rings. The van der Waals surface area contributed by atoms with Gasteiger partial charge in [0, 0.05) is 6.20 Å². The Balaban J connectivity index is 2.36. The highest BCUT2D eigenvalue weighted by Crippen LogP contribution is 2.30. The Morgan fingerprint density at radius 3 is 2.70 bits per heavy atom. The van der Waals surface area contributed by atoms with Gasteiger partial charge in [0.25, 0.3) is 0 Å². The van der Waals surface area contributed by atoms with E-state index < -0.39 is 17.7 Å². The highest BCUT2D eigenvalue weighted by atomic mass is 79.9. The summed E-state index contributed by atoms with van der Waals surface area (Å²) in [5, 5.41) is 6.75. The average Bonchev–Trinajstić information content (AvgIpc) is 2.85. The normalized spacial score (nSPS) is 11.3. The molecule has 0 aliphatic rings. The molecule has 0 fully saturated rings. The van der Waals surface area contributed by atoms with E-state index in [1.54, 1.807) is 40.0 Å². The van der Waals surface area contributed by atoms with E-state index in [1.807, 2.05) is 0 Å². The van der Waals surface area contributed by atoms with Gasteiger partial charge in [-0.15, -0.1) is 0 Å². The summed E-state index contributed by atoms with van der Waals surface area (Å²) in [6.07, 6.45) is 2.48. The van der Waals surface area contributed by atoms with Gasteiger partial charge in [0.05, 0.1) is 28.5 Å². The van der Waals surface area contributed by atoms with Crippen LogP contribution in [0.3, 0.4) is 0 Å². The number of pyridine rings is 1. The number of aromatic nitrogens is 2. The van der Waals surface area contributed by atoms with Gasteiger partial charge in [0.15, 0.2) is 0 Å². The van der Waals surface area contributed by atoms with Crippen molar-refractivity contribution in [1.82, 2.24) is 9.61 Å². The summed E-state index contributed by atoms with van der Waals surface area (Å²) in [6.45, 7) is 7.33. The van der Waals surface area contributed by atoms with E-state index in [2.05, 4.69) is 26.3 Å². The average molecular weight is 384 g/mol. The van der Waals surface area contributed by atoms with Crippen molar-refractivity contribution in [2.75, 3.05) is 11.9 Å². The Kier molecular flexibility index (Phi) is 4.93. The molecule has 8 heteroatoms. The Hall–Kier alpha value is -2.09. The number of amides is 1. The number of carbonyl (C=O) groups excluding carboxylic acids is 2. The third-order valence-electron chi connectivity index (χ3n) is 2.75. The van der Waals surface area contributed by atoms with Crippen molar-refractivity contribution >= 4 is 39.2 Å². The topological polar surface area (TPSA) is 81.9 Å². The molecular weight excluding hydrogens is 366 g/mol. The van der Waals surface area contributed by atoms with Crippen LogP contribution in [0, 0.1) is 0 Å². The zero-order valence-electron chi connectivity index (χ0n) is 13.3. The van der Waals surface area contributed by atoms with E-state index >= 15 is 0 Å². The van der Waals surface area contributed by atoms with Gasteiger partial charge in [-0.1, -0.05) is 0 Å². The molecule has 0 saturated heterocycles. The second kappa shape index (κ2) is 6.57. The fourth-order valence-corrected chi connectivity index (χ4v) is 2.53. The summed E-state index contributed by atoms with van der Waals surface area (Å²) < 4.78 is 12.3. The molecular formula is C15H18BrN3O4. The molecule has 2 aromatic heterocycles. The number of nitrogens with one attached hydrogen (secondary N) is 1. The minimum Gasteiger partial charge on any atom is -0.462 e. The van der Waals surface area contributed by atoms with Gasteiger partial charge in [0.1, 0.15) is 11.2 Å². The molecule has 0 radical (unpaired) electrons. The van der Waals surface area contributed by atoms with Crippen LogP contribution in [-0.4, -0.2) is 33.9 Å². The third-order valence-corrected chi connectivity index (χ3v) is 3.56. The standard InChI is InChI=1S/C15H18BrN3O4/c1-5-22-13(20)9-8-17-19-7-6-10(11(16)12(9)19)18-14(21)23-15(2,3)4/h6-8H,5H2,1-4H3,(H,18,21). The predicted molar refractivity (Wildman–Crippen MR) is 88.7 cm³/mol. The Bertz CT molecular complexity index is 749. The molecule has 0 atom stereocenters. The van der Waals surface area contributed by atoms with Gasteiger partial charge in [-0.3, -0.25) is 5.32 Å². The van der Waals surface area contributed by atoms with Crippen LogP contribution < -0.4 is 5.32 Å². The minimum atomic E-state index is -0.604. The van der Waals surface area contributed by atoms with E-state index in [-0.39, 0.29) is 6.61 Å². The maximum Gasteiger partial charge on any atom is 0.412 e. The number of nitrogens with zero attached hydrogens (tertiary/aromatic N) is 2. The molecule has 0 spiro atoms. The summed E-state index contributed by atoms with van der Waals surface area (Å²) in [7, 11) is 0. The zero-order valence-corrected chi connectivity index (χ0v) is 14.9. The molecule has 0 unspecified atom stereocenters. The van der Waals surface area contributed by atoms with Crippen molar-refractivity contribution < 1.29 is 19.1 Å². The largest absolute Gasteiger partial charge is 0.462 e. The molecule has 7 nitrogen and oxygen atoms in total. The van der Waals surface area contributed by atoms with Gasteiger partial charge in [-0.25, -0.2) is 14.1 Å². The van der Waals surface area contributed by atoms with Gasteiger partial charge in [-0.05, 0) is 49.7 Å². The van der Waals surface area contributed by atoms with E-state index in [4.69, 9.17) is 9.47 Å². The lowest BCUT2D eigenvalue weighted by Gasteiger charge is -2.20. The molecule has 0 saturated carbocycles. The number of carbonyl (C=O) groups is 2. The summed E-state index contributed by atoms with van der Waals surface area (Å²) in [5.41, 5.74) is 0.689. The number of ether oxygens (including phenoxy) is 2. The van der Waals surface area contributed by atoms with Crippen LogP contribution in [-0.2, 0) is 9.47 Å². The van der Waals surface area contributed by atoms with Gasteiger partial charge >= 0.3 is 12.1 Å². The van der Waals surface area contributed by atoms with Crippen LogP contribution in [0.15, 0.2) is 22.9 Å². The third kappa shape index (κ3) is 4.01. The second-order valence-corrected chi connectivity index (χ2v) is 6.54. The number of rotatable bonds is 3. The molecule has 0 aliphatic carbocycles. The molecule has 1 N–H and O–H groups in total. The maximum absolute atomic E-state index is 12.0. The molecule has 1 amide bonds. The van der Waals surface area contributed by atoms with E-state index in [1.165, 1.54) is 10.7 Å². The first-order valence-corrected chi connectivity index (χ1v) is 7.85. The monoisotopic (exact) mass is 383 g/mol. The maximum atomic E-state index is 12.0. The number of esters is 1. The molecule has 23 heavy (non-hydrogen) atoms. The fourth-order valence-electron chi connectivity index (χ4n) is 1.91. The fraction of sp³-hybridized carbons (Fsp3) is 0.400. The highest BCUT2D eigenvalue weighted by Gasteiger charge is 2.21. The van der Waals surface area contributed by atoms with Crippen LogP contribution in [0.2, 0.25) is 0 Å². The number of hydrogen-bond donors (Lipinski definition) is 1. The first-order chi connectivity index (χ1) is 10.7. The Morgan fingerprint density at radius 1 is 1.39 bits per heavy atom. The SMILES string of the molecule is CCOC(=O)c1cnn2ccc(NC(=O)OC(C)(C)C)c(Br)c12. The van der Waals surface area contributed by atoms with Crippen molar-refractivity contribution in [3.63, 3.8) is 0 Å². The van der Waals surface area contributed by atoms with Crippen LogP contribution in [0.25, 0.3) is 5.52 Å². The Morgan fingerprint density at radius 2 is 2.09 bits per heavy atom. The second-order valence-electron chi connectivity index (χ2n) is 5.74. The van der Waals surface area contributed by atoms with E-state index in [0.29, 0.717) is 21.2 Å². The van der Waals surface area contributed by atoms with Crippen molar-refractivity contribution in [3.05, 3.63) is 28.5 Å². The van der Waals surface area contributed by atoms with Crippen LogP contribution in [0.4, 0.5) is 10.5 Å². The van der Waals surface area contributed by atoms with Crippen LogP contribution in [0.1, 0.15) is 38.1 Å². The molecule has 2 heterocycles. The first-order valence-electron chi connectivity index (χ1n) is 7.06. The number of anilines is 1. The number of fused-ring (bicyclic) bond motifs is 1. The lowest BCUT2D eigenvalue weighted by atomic mass is 10.2. The Labute approximate surface area is 142 Å². The lowest BCUT2D eigenvalue weighted by molar-refractivity contribution is 0.0527.